The van der Waals surface area contributed by atoms with Gasteiger partial charge in [0.25, 0.3) is 0 Å². The third kappa shape index (κ3) is 6.38. The Morgan fingerprint density at radius 1 is 0.391 bits per heavy atom. The van der Waals surface area contributed by atoms with Crippen molar-refractivity contribution in [1.29, 1.82) is 0 Å². The van der Waals surface area contributed by atoms with Crippen molar-refractivity contribution in [1.82, 2.24) is 0 Å². The summed E-state index contributed by atoms with van der Waals surface area (Å²) in [5.74, 6) is -1.24. The summed E-state index contributed by atoms with van der Waals surface area (Å²) in [5, 5.41) is 2.25. The van der Waals surface area contributed by atoms with Gasteiger partial charge in [-0.3, -0.25) is 0 Å². The van der Waals surface area contributed by atoms with Crippen molar-refractivity contribution >= 4 is 39.0 Å². The normalized spacial score (nSPS) is 17.4. The number of furan rings is 1. The monoisotopic (exact) mass is 891 g/mol. The number of hydrogen-bond acceptors (Lipinski definition) is 2. The van der Waals surface area contributed by atoms with Crippen LogP contribution in [0.25, 0.3) is 66.4 Å². The molecule has 2 heteroatoms. The van der Waals surface area contributed by atoms with Crippen molar-refractivity contribution in [3.8, 4) is 44.5 Å². The summed E-state index contributed by atoms with van der Waals surface area (Å²) in [5.41, 5.74) is 21.1. The van der Waals surface area contributed by atoms with Crippen molar-refractivity contribution < 1.29 is 7.16 Å². The van der Waals surface area contributed by atoms with Crippen molar-refractivity contribution in [3.63, 3.8) is 0 Å². The summed E-state index contributed by atoms with van der Waals surface area (Å²) < 4.78 is 26.5. The molecule has 1 heterocycles. The Hall–Kier alpha value is -7.42. The molecule has 4 aliphatic carbocycles. The average Bonchev–Trinajstić information content (AvgIpc) is 4.06. The van der Waals surface area contributed by atoms with Crippen molar-refractivity contribution in [3.05, 3.63) is 234 Å². The van der Waals surface area contributed by atoms with E-state index in [4.69, 9.17) is 4.42 Å². The van der Waals surface area contributed by atoms with Crippen LogP contribution in [-0.2, 0) is 5.41 Å². The number of nitrogens with zero attached hydrogens (tertiary/aromatic N) is 1. The quantitative estimate of drug-likeness (QED) is 0.159. The zero-order chi connectivity index (χ0) is 47.3. The van der Waals surface area contributed by atoms with Gasteiger partial charge in [0.2, 0.25) is 0 Å². The smallest absolute Gasteiger partial charge is 0.143 e. The van der Waals surface area contributed by atoms with E-state index in [-0.39, 0.29) is 0 Å². The molecule has 0 bridgehead atoms. The molecular weight excluding hydrogens is 835 g/mol. The maximum atomic E-state index is 10.00. The Labute approximate surface area is 408 Å². The molecule has 10 aromatic rings. The van der Waals surface area contributed by atoms with Gasteiger partial charge in [0, 0.05) is 36.0 Å². The van der Waals surface area contributed by atoms with E-state index in [1.54, 1.807) is 0 Å². The van der Waals surface area contributed by atoms with Gasteiger partial charge in [-0.25, -0.2) is 0 Å². The van der Waals surface area contributed by atoms with Crippen LogP contribution in [-0.4, -0.2) is 0 Å². The van der Waals surface area contributed by atoms with Gasteiger partial charge in [0.05, 0.1) is 11.1 Å². The van der Waals surface area contributed by atoms with Gasteiger partial charge in [0.1, 0.15) is 11.2 Å². The van der Waals surface area contributed by atoms with E-state index in [1.165, 1.54) is 57.3 Å². The lowest BCUT2D eigenvalue weighted by atomic mass is 9.69. The Morgan fingerprint density at radius 3 is 1.62 bits per heavy atom. The molecule has 0 atom stereocenters. The molecule has 334 valence electrons. The van der Waals surface area contributed by atoms with E-state index in [9.17, 15) is 2.74 Å². The Kier molecular flexibility index (Phi) is 9.15. The zero-order valence-electron chi connectivity index (χ0n) is 41.0. The molecule has 2 nitrogen and oxygen atoms in total. The highest BCUT2D eigenvalue weighted by molar-refractivity contribution is 6.09. The second kappa shape index (κ2) is 16.4. The highest BCUT2D eigenvalue weighted by atomic mass is 16.3. The van der Waals surface area contributed by atoms with Crippen LogP contribution in [0.2, 0.25) is 0 Å². The lowest BCUT2D eigenvalue weighted by molar-refractivity contribution is 0.443. The molecule has 2 saturated carbocycles. The molecule has 4 aliphatic rings. The fourth-order valence-corrected chi connectivity index (χ4v) is 13.0. The largest absolute Gasteiger partial charge is 0.455 e. The SMILES string of the molecule is [2H]C1(c2ccc3c(c2)C2(c4ccccc4-c4ccc(N(c5ccc(-c6cccc7c6oc6ccccc67)cc5)c5ccccc5-c5ccccc5)cc42)c2cc(C4([2H])CCCCC4)ccc2-3)CCCCC1. The third-order valence-corrected chi connectivity index (χ3v) is 16.2. The van der Waals surface area contributed by atoms with E-state index >= 15 is 0 Å². The first kappa shape index (κ1) is 38.5. The van der Waals surface area contributed by atoms with Gasteiger partial charge in [0.15, 0.2) is 0 Å². The second-order valence-corrected chi connectivity index (χ2v) is 19.9. The number of rotatable bonds is 7. The number of para-hydroxylation sites is 3. The van der Waals surface area contributed by atoms with Crippen molar-refractivity contribution in [2.45, 2.75) is 81.4 Å². The van der Waals surface area contributed by atoms with Crippen LogP contribution in [0.4, 0.5) is 17.1 Å². The van der Waals surface area contributed by atoms with Crippen LogP contribution in [0.15, 0.2) is 205 Å². The lowest BCUT2D eigenvalue weighted by Crippen LogP contribution is -2.27. The molecule has 69 heavy (non-hydrogen) atoms. The Balaban J connectivity index is 1.00. The molecule has 0 N–H and O–H groups in total. The number of fused-ring (bicyclic) bond motifs is 13. The summed E-state index contributed by atoms with van der Waals surface area (Å²) >= 11 is 0. The summed E-state index contributed by atoms with van der Waals surface area (Å²) in [4.78, 5) is 2.45. The molecule has 0 aliphatic heterocycles. The Morgan fingerprint density at radius 2 is 0.913 bits per heavy atom. The molecule has 1 spiro atoms. The summed E-state index contributed by atoms with van der Waals surface area (Å²) in [6.45, 7) is 0. The molecule has 0 unspecified atom stereocenters. The minimum Gasteiger partial charge on any atom is -0.455 e. The van der Waals surface area contributed by atoms with Crippen LogP contribution in [0, 0.1) is 0 Å². The topological polar surface area (TPSA) is 16.4 Å². The van der Waals surface area contributed by atoms with Gasteiger partial charge < -0.3 is 9.32 Å². The van der Waals surface area contributed by atoms with Gasteiger partial charge in [-0.1, -0.05) is 202 Å². The fourth-order valence-electron chi connectivity index (χ4n) is 13.0. The fraction of sp³-hybridized carbons (Fsp3) is 0.194. The summed E-state index contributed by atoms with van der Waals surface area (Å²) in [6.07, 6.45) is 10.3. The van der Waals surface area contributed by atoms with Crippen molar-refractivity contribution in [2.75, 3.05) is 4.90 Å². The van der Waals surface area contributed by atoms with Gasteiger partial charge >= 0.3 is 0 Å². The van der Waals surface area contributed by atoms with Gasteiger partial charge in [-0.2, -0.15) is 0 Å². The molecule has 2 fully saturated rings. The molecule has 9 aromatic carbocycles. The third-order valence-electron chi connectivity index (χ3n) is 16.2. The second-order valence-electron chi connectivity index (χ2n) is 19.9. The van der Waals surface area contributed by atoms with Crippen LogP contribution in [0.5, 0.6) is 0 Å². The maximum absolute atomic E-state index is 10.00. The van der Waals surface area contributed by atoms with Gasteiger partial charge in [-0.15, -0.1) is 0 Å². The molecule has 0 radical (unpaired) electrons. The first-order valence-corrected chi connectivity index (χ1v) is 25.4. The van der Waals surface area contributed by atoms with E-state index in [0.717, 1.165) is 124 Å². The van der Waals surface area contributed by atoms with Crippen molar-refractivity contribution in [2.24, 2.45) is 0 Å². The lowest BCUT2D eigenvalue weighted by Gasteiger charge is -2.34. The standard InChI is InChI=1S/C67H55NO/c1-4-17-44(18-5-1)48-33-38-55-56-39-34-49(45-19-6-2-7-20-45)42-62(56)67(61(55)41-48)60-28-13-10-24-54(60)57-40-37-51(43-63(57)67)68(64-29-14-11-23-52(64)46-21-8-3-9-22-46)50-35-31-47(32-36-50)53-26-16-27-59-58-25-12-15-30-65(58)69-66(53)59/h3,8-16,21-45H,1-2,4-7,17-20H2/i44D,45D. The minimum atomic E-state index is -0.658. The summed E-state index contributed by atoms with van der Waals surface area (Å²) in [7, 11) is 0. The molecule has 0 saturated heterocycles. The number of anilines is 3. The van der Waals surface area contributed by atoms with Crippen LogP contribution >= 0.6 is 0 Å². The predicted octanol–water partition coefficient (Wildman–Crippen LogP) is 18.8. The van der Waals surface area contributed by atoms with Crippen LogP contribution in [0.3, 0.4) is 0 Å². The summed E-state index contributed by atoms with van der Waals surface area (Å²) in [6, 6.07) is 73.8. The van der Waals surface area contributed by atoms with Crippen LogP contribution < -0.4 is 4.90 Å². The molecule has 14 rings (SSSR count). The minimum absolute atomic E-state index is 0.620. The van der Waals surface area contributed by atoms with E-state index in [1.807, 2.05) is 6.07 Å². The van der Waals surface area contributed by atoms with E-state index < -0.39 is 17.2 Å². The maximum Gasteiger partial charge on any atom is 0.143 e. The molecular formula is C67H55NO. The van der Waals surface area contributed by atoms with Crippen LogP contribution in [0.1, 0.15) is 112 Å². The number of hydrogen-bond donors (Lipinski definition) is 0. The highest BCUT2D eigenvalue weighted by Crippen LogP contribution is 2.64. The molecule has 0 amide bonds. The zero-order valence-corrected chi connectivity index (χ0v) is 39.0. The van der Waals surface area contributed by atoms with Gasteiger partial charge in [-0.05, 0) is 141 Å². The Bertz CT molecular complexity index is 3630. The van der Waals surface area contributed by atoms with E-state index in [0.29, 0.717) is 0 Å². The highest BCUT2D eigenvalue weighted by Gasteiger charge is 2.52. The van der Waals surface area contributed by atoms with E-state index in [2.05, 4.69) is 199 Å². The first-order chi connectivity index (χ1) is 34.9. The average molecular weight is 892 g/mol. The predicted molar refractivity (Wildman–Crippen MR) is 287 cm³/mol. The molecule has 1 aromatic heterocycles. The number of benzene rings is 9. The first-order valence-electron chi connectivity index (χ1n) is 26.4.